The Morgan fingerprint density at radius 3 is 2.85 bits per heavy atom. The van der Waals surface area contributed by atoms with E-state index in [0.717, 1.165) is 5.56 Å². The molecule has 2 amide bonds. The lowest BCUT2D eigenvalue weighted by Gasteiger charge is -2.17. The normalized spacial score (nSPS) is 12.0. The van der Waals surface area contributed by atoms with Gasteiger partial charge >= 0.3 is 6.03 Å². The van der Waals surface area contributed by atoms with E-state index >= 15 is 0 Å². The number of aromatic nitrogens is 3. The zero-order valence-corrected chi connectivity index (χ0v) is 14.0. The number of amides is 2. The molecule has 0 fully saturated rings. The number of carbonyl (C=O) groups is 1. The molecule has 136 valence electrons. The quantitative estimate of drug-likeness (QED) is 0.540. The highest BCUT2D eigenvalue weighted by Gasteiger charge is 2.19. The summed E-state index contributed by atoms with van der Waals surface area (Å²) >= 11 is 0. The molecule has 3 aromatic rings. The first kappa shape index (κ1) is 17.6. The number of hydrogen-bond acceptors (Lipinski definition) is 5. The molecule has 8 nitrogen and oxygen atoms in total. The number of aliphatic hydroxyl groups excluding tert-OH is 1. The number of nitrogens with one attached hydrogen (secondary N) is 3. The van der Waals surface area contributed by atoms with Gasteiger partial charge in [0.15, 0.2) is 11.6 Å². The highest BCUT2D eigenvalue weighted by molar-refractivity contribution is 5.92. The number of hydrogen-bond donors (Lipinski definition) is 4. The molecule has 0 saturated carbocycles. The Hall–Kier alpha value is -3.20. The number of fused-ring (bicyclic) bond motifs is 1. The van der Waals surface area contributed by atoms with Crippen LogP contribution in [0.1, 0.15) is 18.5 Å². The summed E-state index contributed by atoms with van der Waals surface area (Å²) in [4.78, 5) is 16.1. The van der Waals surface area contributed by atoms with E-state index < -0.39 is 17.9 Å². The molecule has 1 atom stereocenters. The number of anilines is 1. The molecule has 4 N–H and O–H groups in total. The van der Waals surface area contributed by atoms with E-state index in [4.69, 9.17) is 4.74 Å². The van der Waals surface area contributed by atoms with Crippen LogP contribution >= 0.6 is 0 Å². The van der Waals surface area contributed by atoms with E-state index in [2.05, 4.69) is 25.8 Å². The molecule has 0 aliphatic carbocycles. The van der Waals surface area contributed by atoms with Crippen LogP contribution in [-0.4, -0.2) is 39.5 Å². The maximum absolute atomic E-state index is 14.5. The molecule has 2 heterocycles. The summed E-state index contributed by atoms with van der Waals surface area (Å²) < 4.78 is 19.8. The number of H-pyrrole nitrogens is 1. The molecule has 1 unspecified atom stereocenters. The predicted molar refractivity (Wildman–Crippen MR) is 93.4 cm³/mol. The number of rotatable bonds is 6. The van der Waals surface area contributed by atoms with Crippen LogP contribution < -0.4 is 15.4 Å². The third-order valence-corrected chi connectivity index (χ3v) is 3.72. The van der Waals surface area contributed by atoms with Crippen LogP contribution in [0, 0.1) is 5.82 Å². The second-order valence-corrected chi connectivity index (χ2v) is 5.42. The number of aromatic amines is 1. The van der Waals surface area contributed by atoms with Crippen molar-refractivity contribution in [3.8, 4) is 5.88 Å². The van der Waals surface area contributed by atoms with Gasteiger partial charge in [0.25, 0.3) is 0 Å². The Bertz CT molecular complexity index is 900. The van der Waals surface area contributed by atoms with Gasteiger partial charge in [0.05, 0.1) is 24.6 Å². The zero-order valence-electron chi connectivity index (χ0n) is 14.0. The van der Waals surface area contributed by atoms with Crippen molar-refractivity contribution in [2.24, 2.45) is 0 Å². The number of nitrogens with zero attached hydrogens (tertiary/aromatic N) is 2. The SMILES string of the molecule is CCOc1n[nH]c2c(F)c(NC(=O)NC(CO)c3ccccc3)ncc12. The minimum atomic E-state index is -0.753. The van der Waals surface area contributed by atoms with Crippen molar-refractivity contribution >= 4 is 22.8 Å². The fourth-order valence-corrected chi connectivity index (χ4v) is 2.48. The minimum Gasteiger partial charge on any atom is -0.476 e. The van der Waals surface area contributed by atoms with Crippen molar-refractivity contribution in [1.82, 2.24) is 20.5 Å². The highest BCUT2D eigenvalue weighted by atomic mass is 19.1. The van der Waals surface area contributed by atoms with E-state index in [1.807, 2.05) is 6.07 Å². The van der Waals surface area contributed by atoms with E-state index in [1.54, 1.807) is 31.2 Å². The van der Waals surface area contributed by atoms with Crippen LogP contribution in [0.3, 0.4) is 0 Å². The van der Waals surface area contributed by atoms with Gasteiger partial charge in [0.2, 0.25) is 5.88 Å². The van der Waals surface area contributed by atoms with Crippen LogP contribution in [0.2, 0.25) is 0 Å². The molecular weight excluding hydrogens is 341 g/mol. The summed E-state index contributed by atoms with van der Waals surface area (Å²) in [5.41, 5.74) is 0.810. The van der Waals surface area contributed by atoms with Gasteiger partial charge in [-0.2, -0.15) is 0 Å². The number of carbonyl (C=O) groups excluding carboxylic acids is 1. The summed E-state index contributed by atoms with van der Waals surface area (Å²) in [5.74, 6) is -0.767. The van der Waals surface area contributed by atoms with Crippen LogP contribution in [0.25, 0.3) is 10.9 Å². The summed E-state index contributed by atoms with van der Waals surface area (Å²) in [6.07, 6.45) is 1.36. The summed E-state index contributed by atoms with van der Waals surface area (Å²) in [5, 5.41) is 21.2. The maximum Gasteiger partial charge on any atom is 0.321 e. The van der Waals surface area contributed by atoms with E-state index in [9.17, 15) is 14.3 Å². The Morgan fingerprint density at radius 2 is 2.15 bits per heavy atom. The van der Waals surface area contributed by atoms with Gasteiger partial charge in [-0.05, 0) is 12.5 Å². The fourth-order valence-electron chi connectivity index (χ4n) is 2.48. The van der Waals surface area contributed by atoms with Crippen molar-refractivity contribution < 1.29 is 19.0 Å². The Balaban J connectivity index is 1.76. The van der Waals surface area contributed by atoms with Crippen LogP contribution in [0.15, 0.2) is 36.5 Å². The molecular formula is C17H18FN5O3. The van der Waals surface area contributed by atoms with Crippen molar-refractivity contribution in [3.63, 3.8) is 0 Å². The molecule has 0 spiro atoms. The second-order valence-electron chi connectivity index (χ2n) is 5.42. The molecule has 0 saturated heterocycles. The molecule has 0 radical (unpaired) electrons. The van der Waals surface area contributed by atoms with E-state index in [1.165, 1.54) is 6.20 Å². The average Bonchev–Trinajstić information content (AvgIpc) is 3.07. The van der Waals surface area contributed by atoms with Crippen LogP contribution in [-0.2, 0) is 0 Å². The first-order valence-electron chi connectivity index (χ1n) is 8.02. The van der Waals surface area contributed by atoms with Crippen LogP contribution in [0.5, 0.6) is 5.88 Å². The molecule has 26 heavy (non-hydrogen) atoms. The topological polar surface area (TPSA) is 112 Å². The Morgan fingerprint density at radius 1 is 1.38 bits per heavy atom. The van der Waals surface area contributed by atoms with Gasteiger partial charge in [-0.15, -0.1) is 5.10 Å². The first-order chi connectivity index (χ1) is 12.6. The number of urea groups is 1. The lowest BCUT2D eigenvalue weighted by atomic mass is 10.1. The van der Waals surface area contributed by atoms with Gasteiger partial charge in [-0.25, -0.2) is 14.2 Å². The van der Waals surface area contributed by atoms with E-state index in [0.29, 0.717) is 12.0 Å². The van der Waals surface area contributed by atoms with Gasteiger partial charge in [-0.1, -0.05) is 30.3 Å². The lowest BCUT2D eigenvalue weighted by molar-refractivity contribution is 0.225. The predicted octanol–water partition coefficient (Wildman–Crippen LogP) is 2.35. The van der Waals surface area contributed by atoms with Gasteiger partial charge < -0.3 is 15.2 Å². The van der Waals surface area contributed by atoms with Gasteiger partial charge in [-0.3, -0.25) is 10.4 Å². The fraction of sp³-hybridized carbons (Fsp3) is 0.235. The maximum atomic E-state index is 14.5. The highest BCUT2D eigenvalue weighted by Crippen LogP contribution is 2.27. The Kier molecular flexibility index (Phi) is 5.28. The molecule has 0 aliphatic heterocycles. The zero-order chi connectivity index (χ0) is 18.5. The van der Waals surface area contributed by atoms with Crippen LogP contribution in [0.4, 0.5) is 15.0 Å². The van der Waals surface area contributed by atoms with Crippen molar-refractivity contribution in [3.05, 3.63) is 47.9 Å². The Labute approximate surface area is 148 Å². The van der Waals surface area contributed by atoms with E-state index in [-0.39, 0.29) is 23.8 Å². The van der Waals surface area contributed by atoms with Crippen molar-refractivity contribution in [1.29, 1.82) is 0 Å². The molecule has 0 bridgehead atoms. The van der Waals surface area contributed by atoms with Crippen molar-refractivity contribution in [2.75, 3.05) is 18.5 Å². The second kappa shape index (κ2) is 7.79. The summed E-state index contributed by atoms with van der Waals surface area (Å²) in [7, 11) is 0. The summed E-state index contributed by atoms with van der Waals surface area (Å²) in [6.45, 7) is 1.87. The molecule has 0 aliphatic rings. The largest absolute Gasteiger partial charge is 0.476 e. The summed E-state index contributed by atoms with van der Waals surface area (Å²) in [6, 6.07) is 7.63. The average molecular weight is 359 g/mol. The molecule has 2 aromatic heterocycles. The molecule has 9 heteroatoms. The smallest absolute Gasteiger partial charge is 0.321 e. The third kappa shape index (κ3) is 3.57. The standard InChI is InChI=1S/C17H18FN5O3/c1-2-26-16-11-8-19-15(13(18)14(11)22-23-16)21-17(25)20-12(9-24)10-6-4-3-5-7-10/h3-8,12,24H,2,9H2,1H3,(H,22,23)(H2,19,20,21,25). The number of benzene rings is 1. The lowest BCUT2D eigenvalue weighted by Crippen LogP contribution is -2.34. The monoisotopic (exact) mass is 359 g/mol. The number of aliphatic hydroxyl groups is 1. The van der Waals surface area contributed by atoms with Gasteiger partial charge in [0, 0.05) is 6.20 Å². The minimum absolute atomic E-state index is 0.0838. The van der Waals surface area contributed by atoms with Crippen molar-refractivity contribution in [2.45, 2.75) is 13.0 Å². The number of halogens is 1. The molecule has 3 rings (SSSR count). The molecule has 1 aromatic carbocycles. The van der Waals surface area contributed by atoms with Gasteiger partial charge in [0.1, 0.15) is 5.52 Å². The number of ether oxygens (including phenoxy) is 1. The third-order valence-electron chi connectivity index (χ3n) is 3.72. The number of pyridine rings is 1. The first-order valence-corrected chi connectivity index (χ1v) is 8.02.